The molecule has 0 heterocycles. The van der Waals surface area contributed by atoms with Gasteiger partial charge < -0.3 is 19.8 Å². The molecule has 0 aromatic heterocycles. The van der Waals surface area contributed by atoms with Gasteiger partial charge in [-0.3, -0.25) is 13.8 Å². The van der Waals surface area contributed by atoms with Gasteiger partial charge in [-0.15, -0.1) is 0 Å². The highest BCUT2D eigenvalue weighted by Gasteiger charge is 2.28. The van der Waals surface area contributed by atoms with Crippen molar-refractivity contribution < 1.29 is 32.9 Å². The molecule has 0 bridgehead atoms. The van der Waals surface area contributed by atoms with Gasteiger partial charge in [0, 0.05) is 6.42 Å². The summed E-state index contributed by atoms with van der Waals surface area (Å²) in [4.78, 5) is 23.3. The van der Waals surface area contributed by atoms with Crippen molar-refractivity contribution in [1.82, 2.24) is 5.32 Å². The minimum Gasteiger partial charge on any atom is -0.391 e. The Bertz CT molecular complexity index is 1260. The Morgan fingerprint density at radius 1 is 0.507 bits per heavy atom. The van der Waals surface area contributed by atoms with E-state index in [2.05, 4.69) is 67.8 Å². The summed E-state index contributed by atoms with van der Waals surface area (Å²) >= 11 is 0. The van der Waals surface area contributed by atoms with Crippen molar-refractivity contribution in [2.24, 2.45) is 0 Å². The number of phosphoric acid groups is 1. The fraction of sp³-hybridized carbons (Fsp3) is 0.850. The number of hydrogen-bond donors (Lipinski definition) is 3. The second kappa shape index (κ2) is 51.4. The van der Waals surface area contributed by atoms with Gasteiger partial charge in [0.1, 0.15) is 13.2 Å². The van der Waals surface area contributed by atoms with Crippen LogP contribution in [-0.2, 0) is 18.4 Å². The SMILES string of the molecule is CC/C=C\C/C=C\C/C=C\C/C=C\CCCCCCCCCCCCCCCCCCCCCCCCC(=O)NC(COP(=O)(O)OCC[N+](C)(C)C)C(O)CCCCCCCCCCCCCC. The van der Waals surface area contributed by atoms with Crippen molar-refractivity contribution in [1.29, 1.82) is 0 Å². The smallest absolute Gasteiger partial charge is 0.391 e. The number of allylic oxidation sites excluding steroid dienone is 8. The van der Waals surface area contributed by atoms with Crippen LogP contribution in [-0.4, -0.2) is 73.4 Å². The van der Waals surface area contributed by atoms with Gasteiger partial charge in [-0.2, -0.15) is 0 Å². The number of rotatable bonds is 54. The predicted molar refractivity (Wildman–Crippen MR) is 300 cm³/mol. The Kier molecular flexibility index (Phi) is 50.2. The molecule has 9 heteroatoms. The lowest BCUT2D eigenvalue weighted by Crippen LogP contribution is -2.46. The minimum absolute atomic E-state index is 0.0760. The Morgan fingerprint density at radius 2 is 0.870 bits per heavy atom. The summed E-state index contributed by atoms with van der Waals surface area (Å²) in [6.07, 6.45) is 67.6. The number of aliphatic hydroxyl groups is 1. The van der Waals surface area contributed by atoms with E-state index in [0.717, 1.165) is 64.2 Å². The number of unbranched alkanes of at least 4 members (excludes halogenated alkanes) is 33. The number of quaternary nitrogens is 1. The maximum atomic E-state index is 13.0. The molecule has 0 fully saturated rings. The fourth-order valence-electron chi connectivity index (χ4n) is 8.75. The molecule has 3 N–H and O–H groups in total. The van der Waals surface area contributed by atoms with E-state index in [1.54, 1.807) is 0 Å². The van der Waals surface area contributed by atoms with Gasteiger partial charge in [0.15, 0.2) is 0 Å². The quantitative estimate of drug-likeness (QED) is 0.0243. The first kappa shape index (κ1) is 67.5. The fourth-order valence-corrected chi connectivity index (χ4v) is 9.48. The topological polar surface area (TPSA) is 105 Å². The Hall–Kier alpha value is -1.54. The molecule has 0 rings (SSSR count). The van der Waals surface area contributed by atoms with E-state index < -0.39 is 20.0 Å². The lowest BCUT2D eigenvalue weighted by atomic mass is 10.0. The van der Waals surface area contributed by atoms with Crippen LogP contribution in [0.3, 0.4) is 0 Å². The zero-order chi connectivity index (χ0) is 50.6. The van der Waals surface area contributed by atoms with Gasteiger partial charge in [0.25, 0.3) is 0 Å². The van der Waals surface area contributed by atoms with Crippen molar-refractivity contribution >= 4 is 13.7 Å². The second-order valence-electron chi connectivity index (χ2n) is 21.3. The Morgan fingerprint density at radius 3 is 1.28 bits per heavy atom. The van der Waals surface area contributed by atoms with E-state index in [0.29, 0.717) is 23.9 Å². The van der Waals surface area contributed by atoms with Crippen molar-refractivity contribution in [2.75, 3.05) is 40.9 Å². The first-order valence-corrected chi connectivity index (χ1v) is 31.0. The molecule has 0 saturated carbocycles. The molecule has 0 radical (unpaired) electrons. The third kappa shape index (κ3) is 54.1. The van der Waals surface area contributed by atoms with Crippen LogP contribution >= 0.6 is 7.82 Å². The van der Waals surface area contributed by atoms with Gasteiger partial charge >= 0.3 is 7.82 Å². The molecule has 406 valence electrons. The van der Waals surface area contributed by atoms with E-state index in [9.17, 15) is 19.4 Å². The summed E-state index contributed by atoms with van der Waals surface area (Å²) in [6.45, 7) is 4.79. The Balaban J connectivity index is 3.91. The lowest BCUT2D eigenvalue weighted by molar-refractivity contribution is -0.870. The molecule has 0 aliphatic rings. The average molecular weight is 993 g/mol. The van der Waals surface area contributed by atoms with Crippen molar-refractivity contribution in [2.45, 2.75) is 289 Å². The van der Waals surface area contributed by atoms with E-state index in [1.165, 1.54) is 186 Å². The molecule has 3 unspecified atom stereocenters. The number of nitrogens with zero attached hydrogens (tertiary/aromatic N) is 1. The molecule has 0 spiro atoms. The maximum absolute atomic E-state index is 13.0. The van der Waals surface area contributed by atoms with Crippen LogP contribution in [0.15, 0.2) is 48.6 Å². The standard InChI is InChI=1S/C60H115N2O6P/c1-6-8-10-12-14-16-18-20-21-22-23-24-25-26-27-28-29-30-31-32-33-34-35-36-37-38-39-40-41-42-44-46-48-50-52-54-60(64)61-58(57-68-69(65,66)67-56-55-62(3,4)5)59(63)53-51-49-47-45-43-19-17-15-13-11-9-7-2/h8,10,14,16,20-21,23-24,58-59,63H,6-7,9,11-13,15,17-19,22,25-57H2,1-5H3,(H-,61,64,65,66)/p+1/b10-8-,16-14-,21-20-,24-23-. The van der Waals surface area contributed by atoms with E-state index in [-0.39, 0.29) is 19.1 Å². The van der Waals surface area contributed by atoms with Crippen molar-refractivity contribution in [3.8, 4) is 0 Å². The zero-order valence-electron chi connectivity index (χ0n) is 46.3. The van der Waals surface area contributed by atoms with Crippen LogP contribution < -0.4 is 5.32 Å². The molecule has 1 amide bonds. The van der Waals surface area contributed by atoms with Crippen molar-refractivity contribution in [3.63, 3.8) is 0 Å². The van der Waals surface area contributed by atoms with Crippen molar-refractivity contribution in [3.05, 3.63) is 48.6 Å². The van der Waals surface area contributed by atoms with Gasteiger partial charge in [-0.25, -0.2) is 4.57 Å². The highest BCUT2D eigenvalue weighted by Crippen LogP contribution is 2.43. The van der Waals surface area contributed by atoms with Crippen LogP contribution in [0.5, 0.6) is 0 Å². The zero-order valence-corrected chi connectivity index (χ0v) is 47.2. The van der Waals surface area contributed by atoms with E-state index in [1.807, 2.05) is 21.1 Å². The Labute approximate surface area is 429 Å². The van der Waals surface area contributed by atoms with Crippen LogP contribution in [0.4, 0.5) is 0 Å². The van der Waals surface area contributed by atoms with E-state index >= 15 is 0 Å². The van der Waals surface area contributed by atoms with Gasteiger partial charge in [-0.05, 0) is 51.4 Å². The van der Waals surface area contributed by atoms with E-state index in [4.69, 9.17) is 9.05 Å². The number of hydrogen-bond acceptors (Lipinski definition) is 5. The third-order valence-corrected chi connectivity index (χ3v) is 14.3. The summed E-state index contributed by atoms with van der Waals surface area (Å²) in [7, 11) is 1.62. The molecule has 0 aromatic rings. The molecular formula is C60H116N2O6P+. The molecular weight excluding hydrogens is 876 g/mol. The molecule has 0 aromatic carbocycles. The second-order valence-corrected chi connectivity index (χ2v) is 22.8. The molecule has 0 aliphatic heterocycles. The van der Waals surface area contributed by atoms with Crippen LogP contribution in [0.2, 0.25) is 0 Å². The first-order chi connectivity index (χ1) is 33.5. The number of aliphatic hydroxyl groups excluding tert-OH is 1. The number of amides is 1. The predicted octanol–water partition coefficient (Wildman–Crippen LogP) is 17.9. The molecule has 0 aliphatic carbocycles. The summed E-state index contributed by atoms with van der Waals surface area (Å²) in [5.74, 6) is -0.141. The van der Waals surface area contributed by atoms with Gasteiger partial charge in [0.2, 0.25) is 5.91 Å². The summed E-state index contributed by atoms with van der Waals surface area (Å²) in [6, 6.07) is -0.758. The molecule has 8 nitrogen and oxygen atoms in total. The number of likely N-dealkylation sites (N-methyl/N-ethyl adjacent to an activating group) is 1. The van der Waals surface area contributed by atoms with Crippen LogP contribution in [0.1, 0.15) is 277 Å². The third-order valence-electron chi connectivity index (χ3n) is 13.3. The normalized spacial score (nSPS) is 14.2. The number of phosphoric ester groups is 1. The van der Waals surface area contributed by atoms with Crippen LogP contribution in [0.25, 0.3) is 0 Å². The largest absolute Gasteiger partial charge is 0.472 e. The van der Waals surface area contributed by atoms with Gasteiger partial charge in [-0.1, -0.05) is 268 Å². The highest BCUT2D eigenvalue weighted by atomic mass is 31.2. The lowest BCUT2D eigenvalue weighted by Gasteiger charge is -2.26. The number of nitrogens with one attached hydrogen (secondary N) is 1. The summed E-state index contributed by atoms with van der Waals surface area (Å²) in [5, 5.41) is 14.0. The van der Waals surface area contributed by atoms with Gasteiger partial charge in [0.05, 0.1) is 39.9 Å². The molecule has 0 saturated heterocycles. The molecule has 3 atom stereocenters. The minimum atomic E-state index is -4.32. The summed E-state index contributed by atoms with van der Waals surface area (Å²) < 4.78 is 23.7. The maximum Gasteiger partial charge on any atom is 0.472 e. The van der Waals surface area contributed by atoms with Crippen LogP contribution in [0, 0.1) is 0 Å². The first-order valence-electron chi connectivity index (χ1n) is 29.5. The number of carbonyl (C=O) groups excluding carboxylic acids is 1. The highest BCUT2D eigenvalue weighted by molar-refractivity contribution is 7.47. The number of carbonyl (C=O) groups is 1. The monoisotopic (exact) mass is 992 g/mol. The summed E-state index contributed by atoms with van der Waals surface area (Å²) in [5.41, 5.74) is 0. The molecule has 69 heavy (non-hydrogen) atoms. The average Bonchev–Trinajstić information content (AvgIpc) is 3.31.